The molecular weight excluding hydrogens is 226 g/mol. The normalized spacial score (nSPS) is 9.83. The minimum atomic E-state index is -0.0349. The number of benzene rings is 2. The van der Waals surface area contributed by atoms with E-state index in [0.29, 0.717) is 17.1 Å². The first kappa shape index (κ1) is 12.0. The van der Waals surface area contributed by atoms with Gasteiger partial charge in [-0.3, -0.25) is 0 Å². The molecule has 90 valence electrons. The van der Waals surface area contributed by atoms with Crippen molar-refractivity contribution >= 4 is 0 Å². The van der Waals surface area contributed by atoms with Crippen LogP contribution in [0.25, 0.3) is 0 Å². The summed E-state index contributed by atoms with van der Waals surface area (Å²) in [5.74, 6) is 0.975. The van der Waals surface area contributed by atoms with Crippen molar-refractivity contribution in [2.45, 2.75) is 13.8 Å². The molecule has 0 saturated heterocycles. The molecule has 3 heteroatoms. The molecule has 0 bridgehead atoms. The van der Waals surface area contributed by atoms with Gasteiger partial charge in [0.2, 0.25) is 0 Å². The Morgan fingerprint density at radius 2 is 1.83 bits per heavy atom. The van der Waals surface area contributed by atoms with Gasteiger partial charge in [0.25, 0.3) is 0 Å². The van der Waals surface area contributed by atoms with Gasteiger partial charge in [-0.2, -0.15) is 5.26 Å². The summed E-state index contributed by atoms with van der Waals surface area (Å²) in [7, 11) is 0. The zero-order valence-electron chi connectivity index (χ0n) is 10.3. The molecule has 0 atom stereocenters. The second-order valence-electron chi connectivity index (χ2n) is 4.14. The van der Waals surface area contributed by atoms with Gasteiger partial charge in [0.15, 0.2) is 11.5 Å². The van der Waals surface area contributed by atoms with E-state index in [9.17, 15) is 5.11 Å². The van der Waals surface area contributed by atoms with Gasteiger partial charge in [-0.05, 0) is 49.2 Å². The molecule has 0 aromatic heterocycles. The Balaban J connectivity index is 2.29. The highest BCUT2D eigenvalue weighted by atomic mass is 16.5. The first-order valence-corrected chi connectivity index (χ1v) is 5.58. The van der Waals surface area contributed by atoms with E-state index in [-0.39, 0.29) is 5.75 Å². The molecule has 0 aliphatic rings. The second kappa shape index (κ2) is 4.80. The predicted octanol–water partition coefficient (Wildman–Crippen LogP) is 3.67. The maximum absolute atomic E-state index is 9.73. The molecule has 0 aliphatic carbocycles. The van der Waals surface area contributed by atoms with Gasteiger partial charge in [0.1, 0.15) is 5.75 Å². The van der Waals surface area contributed by atoms with Crippen LogP contribution in [0.5, 0.6) is 17.2 Å². The molecule has 0 saturated carbocycles. The Hall–Kier alpha value is -2.47. The Kier molecular flexibility index (Phi) is 3.20. The number of phenolic OH excluding ortho intramolecular Hbond substituents is 1. The summed E-state index contributed by atoms with van der Waals surface area (Å²) in [6.45, 7) is 4.03. The van der Waals surface area contributed by atoms with Gasteiger partial charge in [0, 0.05) is 6.07 Å². The lowest BCUT2D eigenvalue weighted by atomic mass is 10.1. The first-order chi connectivity index (χ1) is 8.60. The maximum Gasteiger partial charge on any atom is 0.169 e. The summed E-state index contributed by atoms with van der Waals surface area (Å²) < 4.78 is 5.59. The fourth-order valence-electron chi connectivity index (χ4n) is 1.58. The van der Waals surface area contributed by atoms with Gasteiger partial charge in [-0.1, -0.05) is 6.07 Å². The number of hydrogen-bond acceptors (Lipinski definition) is 3. The molecule has 0 unspecified atom stereocenters. The van der Waals surface area contributed by atoms with Crippen LogP contribution in [-0.4, -0.2) is 5.11 Å². The molecule has 2 aromatic rings. The SMILES string of the molecule is Cc1ccc(Oc2ccc(C#N)cc2O)cc1C. The minimum absolute atomic E-state index is 0.0349. The molecule has 2 rings (SSSR count). The van der Waals surface area contributed by atoms with E-state index in [1.54, 1.807) is 12.1 Å². The molecule has 1 N–H and O–H groups in total. The van der Waals surface area contributed by atoms with Crippen molar-refractivity contribution < 1.29 is 9.84 Å². The zero-order valence-corrected chi connectivity index (χ0v) is 10.3. The van der Waals surface area contributed by atoms with Crippen molar-refractivity contribution in [2.24, 2.45) is 0 Å². The molecule has 2 aromatic carbocycles. The van der Waals surface area contributed by atoms with E-state index in [0.717, 1.165) is 5.56 Å². The van der Waals surface area contributed by atoms with Gasteiger partial charge < -0.3 is 9.84 Å². The fraction of sp³-hybridized carbons (Fsp3) is 0.133. The number of aromatic hydroxyl groups is 1. The minimum Gasteiger partial charge on any atom is -0.504 e. The number of hydrogen-bond donors (Lipinski definition) is 1. The molecular formula is C15H13NO2. The van der Waals surface area contributed by atoms with E-state index in [4.69, 9.17) is 10.00 Å². The molecule has 18 heavy (non-hydrogen) atoms. The van der Waals surface area contributed by atoms with E-state index >= 15 is 0 Å². The predicted molar refractivity (Wildman–Crippen MR) is 68.8 cm³/mol. The summed E-state index contributed by atoms with van der Waals surface area (Å²) in [4.78, 5) is 0. The van der Waals surface area contributed by atoms with Crippen LogP contribution in [0.15, 0.2) is 36.4 Å². The lowest BCUT2D eigenvalue weighted by molar-refractivity contribution is 0.411. The molecule has 3 nitrogen and oxygen atoms in total. The zero-order chi connectivity index (χ0) is 13.1. The summed E-state index contributed by atoms with van der Waals surface area (Å²) in [6.07, 6.45) is 0. The molecule has 0 fully saturated rings. The van der Waals surface area contributed by atoms with Crippen LogP contribution in [0.2, 0.25) is 0 Å². The van der Waals surface area contributed by atoms with Gasteiger partial charge >= 0.3 is 0 Å². The number of aryl methyl sites for hydroxylation is 2. The summed E-state index contributed by atoms with van der Waals surface area (Å²) >= 11 is 0. The summed E-state index contributed by atoms with van der Waals surface area (Å²) in [5, 5.41) is 18.4. The van der Waals surface area contributed by atoms with E-state index in [1.807, 2.05) is 38.1 Å². The van der Waals surface area contributed by atoms with Crippen molar-refractivity contribution in [1.29, 1.82) is 5.26 Å². The quantitative estimate of drug-likeness (QED) is 0.869. The Labute approximate surface area is 106 Å². The number of rotatable bonds is 2. The number of ether oxygens (including phenoxy) is 1. The highest BCUT2D eigenvalue weighted by Gasteiger charge is 2.05. The Morgan fingerprint density at radius 1 is 1.06 bits per heavy atom. The van der Waals surface area contributed by atoms with E-state index in [2.05, 4.69) is 0 Å². The summed E-state index contributed by atoms with van der Waals surface area (Å²) in [6, 6.07) is 12.3. The maximum atomic E-state index is 9.73. The second-order valence-corrected chi connectivity index (χ2v) is 4.14. The monoisotopic (exact) mass is 239 g/mol. The average Bonchev–Trinajstić information content (AvgIpc) is 2.36. The Morgan fingerprint density at radius 3 is 2.44 bits per heavy atom. The smallest absolute Gasteiger partial charge is 0.169 e. The van der Waals surface area contributed by atoms with Gasteiger partial charge in [-0.15, -0.1) is 0 Å². The third-order valence-electron chi connectivity index (χ3n) is 2.79. The van der Waals surface area contributed by atoms with Gasteiger partial charge in [-0.25, -0.2) is 0 Å². The van der Waals surface area contributed by atoms with Crippen molar-refractivity contribution in [3.63, 3.8) is 0 Å². The number of phenols is 1. The lowest BCUT2D eigenvalue weighted by Gasteiger charge is -2.09. The van der Waals surface area contributed by atoms with Crippen LogP contribution in [0.1, 0.15) is 16.7 Å². The average molecular weight is 239 g/mol. The largest absolute Gasteiger partial charge is 0.504 e. The van der Waals surface area contributed by atoms with Crippen molar-refractivity contribution in [1.82, 2.24) is 0 Å². The number of nitrogens with zero attached hydrogens (tertiary/aromatic N) is 1. The highest BCUT2D eigenvalue weighted by molar-refractivity contribution is 5.48. The summed E-state index contributed by atoms with van der Waals surface area (Å²) in [5.41, 5.74) is 2.71. The fourth-order valence-corrected chi connectivity index (χ4v) is 1.58. The van der Waals surface area contributed by atoms with Crippen LogP contribution in [-0.2, 0) is 0 Å². The molecule has 0 aliphatic heterocycles. The molecule has 0 spiro atoms. The first-order valence-electron chi connectivity index (χ1n) is 5.58. The molecule has 0 amide bonds. The topological polar surface area (TPSA) is 53.2 Å². The third-order valence-corrected chi connectivity index (χ3v) is 2.79. The standard InChI is InChI=1S/C15H13NO2/c1-10-3-5-13(7-11(10)2)18-15-6-4-12(9-16)8-14(15)17/h3-8,17H,1-2H3. The third kappa shape index (κ3) is 2.44. The van der Waals surface area contributed by atoms with Crippen molar-refractivity contribution in [3.05, 3.63) is 53.1 Å². The van der Waals surface area contributed by atoms with Crippen molar-refractivity contribution in [2.75, 3.05) is 0 Å². The van der Waals surface area contributed by atoms with Crippen LogP contribution >= 0.6 is 0 Å². The Bertz CT molecular complexity index is 627. The van der Waals surface area contributed by atoms with Crippen LogP contribution in [0.3, 0.4) is 0 Å². The van der Waals surface area contributed by atoms with Gasteiger partial charge in [0.05, 0.1) is 11.6 Å². The highest BCUT2D eigenvalue weighted by Crippen LogP contribution is 2.31. The molecule has 0 heterocycles. The van der Waals surface area contributed by atoms with Crippen LogP contribution < -0.4 is 4.74 Å². The lowest BCUT2D eigenvalue weighted by Crippen LogP contribution is -1.88. The van der Waals surface area contributed by atoms with Crippen molar-refractivity contribution in [3.8, 4) is 23.3 Å². The van der Waals surface area contributed by atoms with E-state index < -0.39 is 0 Å². The van der Waals surface area contributed by atoms with Crippen LogP contribution in [0, 0.1) is 25.2 Å². The van der Waals surface area contributed by atoms with Crippen LogP contribution in [0.4, 0.5) is 0 Å². The number of nitriles is 1. The van der Waals surface area contributed by atoms with E-state index in [1.165, 1.54) is 11.6 Å². The molecule has 0 radical (unpaired) electrons.